The maximum atomic E-state index is 6.27. The van der Waals surface area contributed by atoms with Crippen LogP contribution >= 0.6 is 0 Å². The van der Waals surface area contributed by atoms with Gasteiger partial charge in [-0.2, -0.15) is 9.97 Å². The average Bonchev–Trinajstić information content (AvgIpc) is 3.94. The van der Waals surface area contributed by atoms with E-state index in [0.717, 1.165) is 82.7 Å². The first-order valence-corrected chi connectivity index (χ1v) is 19.1. The van der Waals surface area contributed by atoms with Crippen LogP contribution in [0.25, 0.3) is 111 Å². The van der Waals surface area contributed by atoms with E-state index in [1.165, 1.54) is 10.8 Å². The van der Waals surface area contributed by atoms with Crippen LogP contribution in [0.15, 0.2) is 192 Å². The number of fused-ring (bicyclic) bond motifs is 9. The Morgan fingerprint density at radius 3 is 1.75 bits per heavy atom. The molecule has 0 radical (unpaired) electrons. The topological polar surface area (TPSA) is 61.7 Å². The highest BCUT2D eigenvalue weighted by atomic mass is 16.3. The third kappa shape index (κ3) is 4.87. The SMILES string of the molecule is c1ccc(-c2nc(-c3ccc4c5ccccc5n(-c5ccccc5)c4c3)nc(-n3c4ccccc4c4cc(-c5cccc6oc7ccccc7c56)ccc43)n2)cc1. The molecule has 8 aromatic carbocycles. The smallest absolute Gasteiger partial charge is 0.238 e. The second-order valence-corrected chi connectivity index (χ2v) is 14.4. The Bertz CT molecular complexity index is 3520. The van der Waals surface area contributed by atoms with Gasteiger partial charge in [-0.15, -0.1) is 0 Å². The van der Waals surface area contributed by atoms with Crippen molar-refractivity contribution >= 4 is 65.6 Å². The first-order chi connectivity index (χ1) is 28.3. The van der Waals surface area contributed by atoms with Crippen molar-refractivity contribution in [2.75, 3.05) is 0 Å². The van der Waals surface area contributed by atoms with Crippen molar-refractivity contribution in [2.45, 2.75) is 0 Å². The summed E-state index contributed by atoms with van der Waals surface area (Å²) in [4.78, 5) is 15.7. The fourth-order valence-corrected chi connectivity index (χ4v) is 8.65. The van der Waals surface area contributed by atoms with Crippen molar-refractivity contribution in [2.24, 2.45) is 0 Å². The molecular formula is C51H31N5O. The highest BCUT2D eigenvalue weighted by molar-refractivity contribution is 6.15. The molecule has 0 saturated carbocycles. The molecule has 0 saturated heterocycles. The van der Waals surface area contributed by atoms with E-state index in [0.29, 0.717) is 17.6 Å². The van der Waals surface area contributed by atoms with Crippen molar-refractivity contribution in [3.63, 3.8) is 0 Å². The van der Waals surface area contributed by atoms with Crippen LogP contribution < -0.4 is 0 Å². The van der Waals surface area contributed by atoms with Crippen molar-refractivity contribution < 1.29 is 4.42 Å². The zero-order valence-electron chi connectivity index (χ0n) is 30.5. The average molecular weight is 730 g/mol. The summed E-state index contributed by atoms with van der Waals surface area (Å²) in [5, 5.41) is 6.84. The van der Waals surface area contributed by atoms with Crippen LogP contribution in [-0.2, 0) is 0 Å². The molecule has 0 N–H and O–H groups in total. The third-order valence-electron chi connectivity index (χ3n) is 11.2. The lowest BCUT2D eigenvalue weighted by Gasteiger charge is -2.12. The summed E-state index contributed by atoms with van der Waals surface area (Å²) in [7, 11) is 0. The zero-order chi connectivity index (χ0) is 37.5. The highest BCUT2D eigenvalue weighted by Gasteiger charge is 2.21. The zero-order valence-corrected chi connectivity index (χ0v) is 30.5. The quantitative estimate of drug-likeness (QED) is 0.177. The van der Waals surface area contributed by atoms with Crippen LogP contribution in [-0.4, -0.2) is 24.1 Å². The Morgan fingerprint density at radius 1 is 0.351 bits per heavy atom. The molecule has 6 heteroatoms. The van der Waals surface area contributed by atoms with E-state index in [4.69, 9.17) is 19.4 Å². The highest BCUT2D eigenvalue weighted by Crippen LogP contribution is 2.40. The molecule has 0 atom stereocenters. The number of aromatic nitrogens is 5. The van der Waals surface area contributed by atoms with Crippen LogP contribution in [0.5, 0.6) is 0 Å². The lowest BCUT2D eigenvalue weighted by molar-refractivity contribution is 0.669. The van der Waals surface area contributed by atoms with Crippen LogP contribution in [0, 0.1) is 0 Å². The van der Waals surface area contributed by atoms with Gasteiger partial charge in [-0.3, -0.25) is 4.57 Å². The summed E-state index contributed by atoms with van der Waals surface area (Å²) in [6.45, 7) is 0. The molecule has 4 aromatic heterocycles. The van der Waals surface area contributed by atoms with Gasteiger partial charge < -0.3 is 8.98 Å². The molecule has 12 rings (SSSR count). The Kier molecular flexibility index (Phi) is 6.83. The van der Waals surface area contributed by atoms with E-state index in [2.05, 4.69) is 161 Å². The summed E-state index contributed by atoms with van der Waals surface area (Å²) < 4.78 is 10.8. The minimum Gasteiger partial charge on any atom is -0.456 e. The van der Waals surface area contributed by atoms with Gasteiger partial charge in [-0.05, 0) is 65.7 Å². The lowest BCUT2D eigenvalue weighted by Crippen LogP contribution is -2.06. The number of nitrogens with zero attached hydrogens (tertiary/aromatic N) is 5. The molecule has 0 bridgehead atoms. The summed E-state index contributed by atoms with van der Waals surface area (Å²) in [6, 6.07) is 65.6. The van der Waals surface area contributed by atoms with Gasteiger partial charge in [0.2, 0.25) is 5.95 Å². The molecule has 0 aliphatic carbocycles. The minimum absolute atomic E-state index is 0.560. The van der Waals surface area contributed by atoms with Crippen LogP contribution in [0.3, 0.4) is 0 Å². The number of rotatable bonds is 5. The molecule has 4 heterocycles. The van der Waals surface area contributed by atoms with E-state index < -0.39 is 0 Å². The van der Waals surface area contributed by atoms with Crippen LogP contribution in [0.4, 0.5) is 0 Å². The monoisotopic (exact) mass is 729 g/mol. The second-order valence-electron chi connectivity index (χ2n) is 14.4. The van der Waals surface area contributed by atoms with Crippen molar-refractivity contribution in [1.82, 2.24) is 24.1 Å². The number of hydrogen-bond acceptors (Lipinski definition) is 4. The standard InChI is InChI=1S/C51H31N5O/c1-3-14-32(15-4-1)49-52-50(34-26-28-39-37-18-7-10-22-42(37)55(45(39)31-34)35-16-5-2-6-17-35)54-51(53-49)56-43-23-11-8-19-38(43)41-30-33(27-29-44(41)56)36-21-13-25-47-48(36)40-20-9-12-24-46(40)57-47/h1-31H. The predicted molar refractivity (Wildman–Crippen MR) is 232 cm³/mol. The van der Waals surface area contributed by atoms with Gasteiger partial charge in [0.05, 0.1) is 22.1 Å². The number of benzene rings is 8. The van der Waals surface area contributed by atoms with E-state index in [1.807, 2.05) is 36.4 Å². The minimum atomic E-state index is 0.560. The maximum Gasteiger partial charge on any atom is 0.238 e. The molecule has 57 heavy (non-hydrogen) atoms. The summed E-state index contributed by atoms with van der Waals surface area (Å²) >= 11 is 0. The van der Waals surface area contributed by atoms with Gasteiger partial charge >= 0.3 is 0 Å². The number of furan rings is 1. The Labute approximate surface area is 326 Å². The molecule has 0 amide bonds. The Hall–Kier alpha value is -7.83. The van der Waals surface area contributed by atoms with Crippen LogP contribution in [0.2, 0.25) is 0 Å². The van der Waals surface area contributed by atoms with Gasteiger partial charge in [-0.25, -0.2) is 4.98 Å². The van der Waals surface area contributed by atoms with E-state index >= 15 is 0 Å². The largest absolute Gasteiger partial charge is 0.456 e. The fraction of sp³-hybridized carbons (Fsp3) is 0. The summed E-state index contributed by atoms with van der Waals surface area (Å²) in [6.07, 6.45) is 0. The number of hydrogen-bond donors (Lipinski definition) is 0. The molecule has 0 spiro atoms. The van der Waals surface area contributed by atoms with Gasteiger partial charge in [0.15, 0.2) is 11.6 Å². The summed E-state index contributed by atoms with van der Waals surface area (Å²) in [5.41, 5.74) is 11.2. The first kappa shape index (κ1) is 31.5. The molecule has 266 valence electrons. The molecule has 0 aliphatic rings. The summed E-state index contributed by atoms with van der Waals surface area (Å²) in [5.74, 6) is 1.77. The van der Waals surface area contributed by atoms with Crippen molar-refractivity contribution in [1.29, 1.82) is 0 Å². The molecule has 0 unspecified atom stereocenters. The lowest BCUT2D eigenvalue weighted by atomic mass is 9.98. The van der Waals surface area contributed by atoms with Crippen molar-refractivity contribution in [3.05, 3.63) is 188 Å². The molecule has 12 aromatic rings. The fourth-order valence-electron chi connectivity index (χ4n) is 8.65. The maximum absolute atomic E-state index is 6.27. The van der Waals surface area contributed by atoms with Gasteiger partial charge in [0.25, 0.3) is 0 Å². The molecule has 0 aliphatic heterocycles. The van der Waals surface area contributed by atoms with Gasteiger partial charge in [0, 0.05) is 49.1 Å². The molecule has 0 fully saturated rings. The van der Waals surface area contributed by atoms with E-state index in [9.17, 15) is 0 Å². The number of para-hydroxylation sites is 4. The normalized spacial score (nSPS) is 11.9. The van der Waals surface area contributed by atoms with Crippen LogP contribution in [0.1, 0.15) is 0 Å². The van der Waals surface area contributed by atoms with Crippen molar-refractivity contribution in [3.8, 4) is 45.5 Å². The molecular weight excluding hydrogens is 699 g/mol. The van der Waals surface area contributed by atoms with E-state index in [1.54, 1.807) is 0 Å². The van der Waals surface area contributed by atoms with Gasteiger partial charge in [-0.1, -0.05) is 133 Å². The molecule has 6 nitrogen and oxygen atoms in total. The predicted octanol–water partition coefficient (Wildman–Crippen LogP) is 13.0. The third-order valence-corrected chi connectivity index (χ3v) is 11.2. The first-order valence-electron chi connectivity index (χ1n) is 19.1. The van der Waals surface area contributed by atoms with Gasteiger partial charge in [0.1, 0.15) is 11.2 Å². The Morgan fingerprint density at radius 2 is 0.947 bits per heavy atom. The second kappa shape index (κ2) is 12.3. The van der Waals surface area contributed by atoms with E-state index in [-0.39, 0.29) is 0 Å². The Balaban J connectivity index is 1.09.